The summed E-state index contributed by atoms with van der Waals surface area (Å²) in [5.41, 5.74) is 1.67. The number of ketones is 1. The summed E-state index contributed by atoms with van der Waals surface area (Å²) in [4.78, 5) is 12.5. The van der Waals surface area contributed by atoms with Gasteiger partial charge in [0, 0.05) is 18.0 Å². The van der Waals surface area contributed by atoms with Crippen molar-refractivity contribution in [2.75, 3.05) is 12.4 Å². The van der Waals surface area contributed by atoms with Gasteiger partial charge < -0.3 is 5.32 Å². The van der Waals surface area contributed by atoms with Gasteiger partial charge in [-0.05, 0) is 5.56 Å². The first-order valence-electron chi connectivity index (χ1n) is 6.26. The molecule has 0 aliphatic rings. The van der Waals surface area contributed by atoms with Crippen LogP contribution in [0.1, 0.15) is 22.0 Å². The summed E-state index contributed by atoms with van der Waals surface area (Å²) < 4.78 is 0. The topological polar surface area (TPSA) is 29.1 Å². The monoisotopic (exact) mass is 273 g/mol. The van der Waals surface area contributed by atoms with Crippen molar-refractivity contribution in [3.05, 3.63) is 71.8 Å². The van der Waals surface area contributed by atoms with Crippen molar-refractivity contribution in [3.63, 3.8) is 0 Å². The molecule has 0 spiro atoms. The number of carbonyl (C=O) groups excluding carboxylic acids is 1. The first-order valence-corrected chi connectivity index (χ1v) is 6.80. The second-order valence-electron chi connectivity index (χ2n) is 4.22. The van der Waals surface area contributed by atoms with Gasteiger partial charge in [-0.2, -0.15) is 0 Å². The fourth-order valence-corrected chi connectivity index (χ4v) is 2.08. The molecule has 2 aromatic rings. The molecule has 3 heteroatoms. The van der Waals surface area contributed by atoms with E-state index in [0.717, 1.165) is 5.56 Å². The number of hydrogen-bond donors (Lipinski definition) is 1. The van der Waals surface area contributed by atoms with E-state index in [9.17, 15) is 4.79 Å². The lowest BCUT2D eigenvalue weighted by Crippen LogP contribution is -2.30. The van der Waals surface area contributed by atoms with Crippen molar-refractivity contribution in [1.29, 1.82) is 0 Å². The van der Waals surface area contributed by atoms with Gasteiger partial charge in [-0.15, -0.1) is 11.6 Å². The van der Waals surface area contributed by atoms with Crippen LogP contribution in [0.4, 0.5) is 0 Å². The highest BCUT2D eigenvalue weighted by atomic mass is 35.5. The summed E-state index contributed by atoms with van der Waals surface area (Å²) in [6.45, 7) is 0.597. The molecule has 98 valence electrons. The number of benzene rings is 2. The van der Waals surface area contributed by atoms with E-state index in [1.54, 1.807) is 0 Å². The van der Waals surface area contributed by atoms with Crippen LogP contribution < -0.4 is 5.32 Å². The zero-order valence-corrected chi connectivity index (χ0v) is 11.3. The molecule has 0 radical (unpaired) electrons. The lowest BCUT2D eigenvalue weighted by Gasteiger charge is -2.17. The van der Waals surface area contributed by atoms with Gasteiger partial charge in [-0.3, -0.25) is 4.79 Å². The number of nitrogens with one attached hydrogen (secondary N) is 1. The van der Waals surface area contributed by atoms with Crippen LogP contribution in [0.3, 0.4) is 0 Å². The van der Waals surface area contributed by atoms with E-state index >= 15 is 0 Å². The molecule has 0 amide bonds. The van der Waals surface area contributed by atoms with Crippen LogP contribution in [0.15, 0.2) is 60.7 Å². The van der Waals surface area contributed by atoms with Crippen LogP contribution in [0.25, 0.3) is 0 Å². The average Bonchev–Trinajstić information content (AvgIpc) is 2.49. The van der Waals surface area contributed by atoms with Crippen molar-refractivity contribution in [2.45, 2.75) is 6.04 Å². The fraction of sp³-hybridized carbons (Fsp3) is 0.188. The maximum absolute atomic E-state index is 12.5. The second-order valence-corrected chi connectivity index (χ2v) is 4.60. The lowest BCUT2D eigenvalue weighted by molar-refractivity contribution is 0.0944. The second kappa shape index (κ2) is 7.07. The molecule has 2 aromatic carbocycles. The largest absolute Gasteiger partial charge is 0.302 e. The zero-order valence-electron chi connectivity index (χ0n) is 10.6. The SMILES string of the molecule is O=C(c1ccccc1)[C@H](NCCCl)c1ccccc1. The molecule has 0 heterocycles. The van der Waals surface area contributed by atoms with Gasteiger partial charge in [0.25, 0.3) is 0 Å². The number of alkyl halides is 1. The molecule has 19 heavy (non-hydrogen) atoms. The van der Waals surface area contributed by atoms with Gasteiger partial charge in [-0.25, -0.2) is 0 Å². The Labute approximate surface area is 118 Å². The molecule has 0 unspecified atom stereocenters. The lowest BCUT2D eigenvalue weighted by atomic mass is 9.97. The molecule has 1 N–H and O–H groups in total. The van der Waals surface area contributed by atoms with Gasteiger partial charge in [-0.1, -0.05) is 60.7 Å². The van der Waals surface area contributed by atoms with E-state index in [4.69, 9.17) is 11.6 Å². The van der Waals surface area contributed by atoms with Crippen LogP contribution in [0.2, 0.25) is 0 Å². The molecule has 0 aliphatic carbocycles. The summed E-state index contributed by atoms with van der Waals surface area (Å²) in [6, 6.07) is 18.7. The molecule has 0 fully saturated rings. The van der Waals surface area contributed by atoms with Crippen LogP contribution in [-0.2, 0) is 0 Å². The first kappa shape index (κ1) is 13.8. The molecule has 0 aromatic heterocycles. The predicted octanol–water partition coefficient (Wildman–Crippen LogP) is 3.44. The van der Waals surface area contributed by atoms with E-state index in [0.29, 0.717) is 18.0 Å². The third-order valence-corrected chi connectivity index (χ3v) is 3.09. The summed E-state index contributed by atoms with van der Waals surface area (Å²) >= 11 is 5.71. The Morgan fingerprint density at radius 1 is 1.00 bits per heavy atom. The van der Waals surface area contributed by atoms with Crippen LogP contribution in [-0.4, -0.2) is 18.2 Å². The Kier molecular flexibility index (Phi) is 5.13. The average molecular weight is 274 g/mol. The Morgan fingerprint density at radius 2 is 1.58 bits per heavy atom. The highest BCUT2D eigenvalue weighted by Gasteiger charge is 2.20. The van der Waals surface area contributed by atoms with Crippen molar-refractivity contribution in [3.8, 4) is 0 Å². The minimum Gasteiger partial charge on any atom is -0.302 e. The van der Waals surface area contributed by atoms with E-state index in [1.165, 1.54) is 0 Å². The normalized spacial score (nSPS) is 12.1. The summed E-state index contributed by atoms with van der Waals surface area (Å²) in [6.07, 6.45) is 0. The van der Waals surface area contributed by atoms with Gasteiger partial charge in [0.1, 0.15) is 0 Å². The molecular weight excluding hydrogens is 258 g/mol. The van der Waals surface area contributed by atoms with Crippen molar-refractivity contribution in [2.24, 2.45) is 0 Å². The Hall–Kier alpha value is -1.64. The summed E-state index contributed by atoms with van der Waals surface area (Å²) in [7, 11) is 0. The highest BCUT2D eigenvalue weighted by Crippen LogP contribution is 2.18. The number of Topliss-reactive ketones (excluding diaryl/α,β-unsaturated/α-hetero) is 1. The van der Waals surface area contributed by atoms with Crippen molar-refractivity contribution >= 4 is 17.4 Å². The van der Waals surface area contributed by atoms with Gasteiger partial charge in [0.2, 0.25) is 0 Å². The summed E-state index contributed by atoms with van der Waals surface area (Å²) in [5, 5.41) is 3.20. The standard InChI is InChI=1S/C16H16ClNO/c17-11-12-18-15(13-7-3-1-4-8-13)16(19)14-9-5-2-6-10-14/h1-10,15,18H,11-12H2/t15-/m1/s1. The van der Waals surface area contributed by atoms with Gasteiger partial charge in [0.15, 0.2) is 5.78 Å². The van der Waals surface area contributed by atoms with Gasteiger partial charge >= 0.3 is 0 Å². The van der Waals surface area contributed by atoms with Crippen LogP contribution in [0.5, 0.6) is 0 Å². The Bertz CT molecular complexity index is 513. The molecule has 2 nitrogen and oxygen atoms in total. The summed E-state index contributed by atoms with van der Waals surface area (Å²) in [5.74, 6) is 0.544. The van der Waals surface area contributed by atoms with Crippen LogP contribution in [0, 0.1) is 0 Å². The third-order valence-electron chi connectivity index (χ3n) is 2.90. The fourth-order valence-electron chi connectivity index (χ4n) is 1.98. The molecule has 0 bridgehead atoms. The number of hydrogen-bond acceptors (Lipinski definition) is 2. The maximum Gasteiger partial charge on any atom is 0.184 e. The van der Waals surface area contributed by atoms with E-state index in [1.807, 2.05) is 60.7 Å². The molecule has 1 atom stereocenters. The molecule has 0 saturated carbocycles. The molecule has 2 rings (SSSR count). The maximum atomic E-state index is 12.5. The minimum atomic E-state index is -0.345. The minimum absolute atomic E-state index is 0.0666. The molecule has 0 saturated heterocycles. The number of halogens is 1. The smallest absolute Gasteiger partial charge is 0.184 e. The van der Waals surface area contributed by atoms with Crippen molar-refractivity contribution in [1.82, 2.24) is 5.32 Å². The van der Waals surface area contributed by atoms with E-state index < -0.39 is 0 Å². The first-order chi connectivity index (χ1) is 9.33. The molecule has 0 aliphatic heterocycles. The third kappa shape index (κ3) is 3.66. The number of rotatable bonds is 6. The van der Waals surface area contributed by atoms with Crippen LogP contribution >= 0.6 is 11.6 Å². The number of carbonyl (C=O) groups is 1. The Morgan fingerprint density at radius 3 is 2.16 bits per heavy atom. The van der Waals surface area contributed by atoms with E-state index in [2.05, 4.69) is 5.32 Å². The van der Waals surface area contributed by atoms with Crippen molar-refractivity contribution < 1.29 is 4.79 Å². The quantitative estimate of drug-likeness (QED) is 0.645. The Balaban J connectivity index is 2.25. The zero-order chi connectivity index (χ0) is 13.5. The molecular formula is C16H16ClNO. The highest BCUT2D eigenvalue weighted by molar-refractivity contribution is 6.18. The van der Waals surface area contributed by atoms with E-state index in [-0.39, 0.29) is 11.8 Å². The predicted molar refractivity (Wildman–Crippen MR) is 78.7 cm³/mol. The van der Waals surface area contributed by atoms with Gasteiger partial charge in [0.05, 0.1) is 6.04 Å².